The molecular formula is C14H18BrN3S. The van der Waals surface area contributed by atoms with Crippen LogP contribution in [0, 0.1) is 13.8 Å². The van der Waals surface area contributed by atoms with E-state index in [4.69, 9.17) is 5.73 Å². The molecule has 19 heavy (non-hydrogen) atoms. The molecule has 0 spiro atoms. The Labute approximate surface area is 126 Å². The summed E-state index contributed by atoms with van der Waals surface area (Å²) in [6, 6.07) is 4.67. The van der Waals surface area contributed by atoms with Crippen molar-refractivity contribution in [2.24, 2.45) is 0 Å². The predicted molar refractivity (Wildman–Crippen MR) is 86.9 cm³/mol. The highest BCUT2D eigenvalue weighted by Crippen LogP contribution is 2.28. The van der Waals surface area contributed by atoms with Crippen LogP contribution in [0.1, 0.15) is 22.2 Å². The van der Waals surface area contributed by atoms with Crippen molar-refractivity contribution in [3.63, 3.8) is 0 Å². The van der Waals surface area contributed by atoms with E-state index in [0.717, 1.165) is 22.3 Å². The maximum atomic E-state index is 5.83. The highest BCUT2D eigenvalue weighted by Gasteiger charge is 2.11. The highest BCUT2D eigenvalue weighted by atomic mass is 79.9. The first-order chi connectivity index (χ1) is 8.97. The number of halogens is 1. The van der Waals surface area contributed by atoms with E-state index < -0.39 is 0 Å². The van der Waals surface area contributed by atoms with Crippen LogP contribution in [0.3, 0.4) is 0 Å². The first-order valence-electron chi connectivity index (χ1n) is 6.19. The van der Waals surface area contributed by atoms with E-state index in [9.17, 15) is 0 Å². The lowest BCUT2D eigenvalue weighted by Gasteiger charge is -2.16. The smallest absolute Gasteiger partial charge is 0.140 e. The van der Waals surface area contributed by atoms with Gasteiger partial charge in [-0.05, 0) is 54.4 Å². The fourth-order valence-corrected chi connectivity index (χ4v) is 3.34. The Hall–Kier alpha value is -1.07. The Morgan fingerprint density at radius 3 is 2.79 bits per heavy atom. The number of aryl methyl sites for hydroxylation is 1. The van der Waals surface area contributed by atoms with Gasteiger partial charge < -0.3 is 11.1 Å². The van der Waals surface area contributed by atoms with E-state index in [1.165, 1.54) is 9.75 Å². The normalized spacial score (nSPS) is 12.4. The molecule has 0 aromatic carbocycles. The van der Waals surface area contributed by atoms with Gasteiger partial charge >= 0.3 is 0 Å². The van der Waals surface area contributed by atoms with Crippen LogP contribution >= 0.6 is 27.3 Å². The molecule has 0 bridgehead atoms. The topological polar surface area (TPSA) is 50.9 Å². The molecular weight excluding hydrogens is 322 g/mol. The Morgan fingerprint density at radius 1 is 1.42 bits per heavy atom. The van der Waals surface area contributed by atoms with Gasteiger partial charge in [0.1, 0.15) is 5.82 Å². The molecule has 102 valence electrons. The van der Waals surface area contributed by atoms with Gasteiger partial charge in [-0.2, -0.15) is 0 Å². The van der Waals surface area contributed by atoms with Crippen molar-refractivity contribution in [1.29, 1.82) is 0 Å². The predicted octanol–water partition coefficient (Wildman–Crippen LogP) is 4.15. The van der Waals surface area contributed by atoms with Gasteiger partial charge in [0, 0.05) is 22.2 Å². The number of pyridine rings is 1. The van der Waals surface area contributed by atoms with Crippen LogP contribution in [0.2, 0.25) is 0 Å². The van der Waals surface area contributed by atoms with Gasteiger partial charge in [0.05, 0.1) is 16.4 Å². The van der Waals surface area contributed by atoms with E-state index in [0.29, 0.717) is 11.7 Å². The number of hydrogen-bond acceptors (Lipinski definition) is 4. The molecule has 5 heteroatoms. The molecule has 2 aromatic heterocycles. The van der Waals surface area contributed by atoms with Crippen molar-refractivity contribution in [2.75, 3.05) is 11.1 Å². The monoisotopic (exact) mass is 339 g/mol. The van der Waals surface area contributed by atoms with Crippen LogP contribution in [0.25, 0.3) is 0 Å². The van der Waals surface area contributed by atoms with Crippen molar-refractivity contribution in [2.45, 2.75) is 33.2 Å². The molecule has 2 aromatic rings. The SMILES string of the molecule is Cc1ccc(CC(C)Nc2ncc(N)c(C)c2Br)s1. The largest absolute Gasteiger partial charge is 0.397 e. The lowest BCUT2D eigenvalue weighted by molar-refractivity contribution is 0.793. The number of hydrogen-bond donors (Lipinski definition) is 2. The lowest BCUT2D eigenvalue weighted by atomic mass is 10.2. The van der Waals surface area contributed by atoms with E-state index in [1.54, 1.807) is 6.20 Å². The zero-order chi connectivity index (χ0) is 14.0. The molecule has 0 saturated heterocycles. The molecule has 0 saturated carbocycles. The van der Waals surface area contributed by atoms with Crippen molar-refractivity contribution >= 4 is 38.8 Å². The minimum Gasteiger partial charge on any atom is -0.397 e. The fourth-order valence-electron chi connectivity index (χ4n) is 1.87. The van der Waals surface area contributed by atoms with Gasteiger partial charge in [-0.3, -0.25) is 0 Å². The number of nitrogens with two attached hydrogens (primary N) is 1. The number of anilines is 2. The van der Waals surface area contributed by atoms with Crippen molar-refractivity contribution in [1.82, 2.24) is 4.98 Å². The van der Waals surface area contributed by atoms with Crippen LogP contribution in [-0.4, -0.2) is 11.0 Å². The molecule has 2 rings (SSSR count). The summed E-state index contributed by atoms with van der Waals surface area (Å²) in [4.78, 5) is 7.09. The summed E-state index contributed by atoms with van der Waals surface area (Å²) >= 11 is 5.39. The molecule has 0 amide bonds. The summed E-state index contributed by atoms with van der Waals surface area (Å²) in [7, 11) is 0. The maximum Gasteiger partial charge on any atom is 0.140 e. The van der Waals surface area contributed by atoms with E-state index >= 15 is 0 Å². The molecule has 2 heterocycles. The summed E-state index contributed by atoms with van der Waals surface area (Å²) in [6.07, 6.45) is 2.69. The maximum absolute atomic E-state index is 5.83. The zero-order valence-corrected chi connectivity index (χ0v) is 13.7. The number of thiophene rings is 1. The van der Waals surface area contributed by atoms with E-state index in [1.807, 2.05) is 18.3 Å². The average molecular weight is 340 g/mol. The van der Waals surface area contributed by atoms with Crippen molar-refractivity contribution < 1.29 is 0 Å². The van der Waals surface area contributed by atoms with Gasteiger partial charge in [0.25, 0.3) is 0 Å². The molecule has 3 nitrogen and oxygen atoms in total. The number of nitrogens with zero attached hydrogens (tertiary/aromatic N) is 1. The minimum absolute atomic E-state index is 0.324. The Balaban J connectivity index is 2.07. The van der Waals surface area contributed by atoms with Gasteiger partial charge in [-0.25, -0.2) is 4.98 Å². The van der Waals surface area contributed by atoms with Crippen molar-refractivity contribution in [3.8, 4) is 0 Å². The highest BCUT2D eigenvalue weighted by molar-refractivity contribution is 9.10. The summed E-state index contributed by atoms with van der Waals surface area (Å²) in [5.41, 5.74) is 7.56. The number of nitrogens with one attached hydrogen (secondary N) is 1. The Kier molecular flexibility index (Phi) is 4.47. The summed E-state index contributed by atoms with van der Waals surface area (Å²) in [5.74, 6) is 0.854. The van der Waals surface area contributed by atoms with Crippen molar-refractivity contribution in [3.05, 3.63) is 38.1 Å². The minimum atomic E-state index is 0.324. The quantitative estimate of drug-likeness (QED) is 0.879. The third-order valence-corrected chi connectivity index (χ3v) is 4.98. The first-order valence-corrected chi connectivity index (χ1v) is 7.80. The number of rotatable bonds is 4. The van der Waals surface area contributed by atoms with E-state index in [-0.39, 0.29) is 0 Å². The molecule has 0 aliphatic carbocycles. The number of nitrogen functional groups attached to an aromatic ring is 1. The molecule has 1 atom stereocenters. The van der Waals surface area contributed by atoms with Gasteiger partial charge in [-0.15, -0.1) is 11.3 Å². The van der Waals surface area contributed by atoms with E-state index in [2.05, 4.69) is 52.2 Å². The second-order valence-corrected chi connectivity index (χ2v) is 6.93. The third-order valence-electron chi connectivity index (χ3n) is 2.99. The Bertz CT molecular complexity index is 580. The summed E-state index contributed by atoms with van der Waals surface area (Å²) in [5, 5.41) is 3.43. The Morgan fingerprint density at radius 2 is 2.16 bits per heavy atom. The molecule has 0 aliphatic heterocycles. The van der Waals surface area contributed by atoms with Gasteiger partial charge in [0.15, 0.2) is 0 Å². The van der Waals surface area contributed by atoms with Crippen LogP contribution in [0.15, 0.2) is 22.8 Å². The van der Waals surface area contributed by atoms with Gasteiger partial charge in [0.2, 0.25) is 0 Å². The zero-order valence-electron chi connectivity index (χ0n) is 11.3. The van der Waals surface area contributed by atoms with Crippen LogP contribution in [-0.2, 0) is 6.42 Å². The second kappa shape index (κ2) is 5.92. The van der Waals surface area contributed by atoms with Crippen LogP contribution < -0.4 is 11.1 Å². The van der Waals surface area contributed by atoms with Crippen LogP contribution in [0.4, 0.5) is 11.5 Å². The molecule has 0 fully saturated rings. The average Bonchev–Trinajstić information content (AvgIpc) is 2.75. The first kappa shape index (κ1) is 14.3. The fraction of sp³-hybridized carbons (Fsp3) is 0.357. The van der Waals surface area contributed by atoms with Gasteiger partial charge in [-0.1, -0.05) is 0 Å². The van der Waals surface area contributed by atoms with Crippen LogP contribution in [0.5, 0.6) is 0 Å². The second-order valence-electron chi connectivity index (χ2n) is 4.76. The molecule has 0 aliphatic rings. The molecule has 3 N–H and O–H groups in total. The summed E-state index contributed by atoms with van der Waals surface area (Å²) < 4.78 is 0.946. The molecule has 0 radical (unpaired) electrons. The third kappa shape index (κ3) is 3.48. The lowest BCUT2D eigenvalue weighted by Crippen LogP contribution is -2.19. The summed E-state index contributed by atoms with van der Waals surface area (Å²) in [6.45, 7) is 6.28. The number of aromatic nitrogens is 1. The molecule has 1 unspecified atom stereocenters. The standard InChI is InChI=1S/C14H18BrN3S/c1-8(6-11-5-4-9(2)19-11)18-14-13(15)10(3)12(16)7-17-14/h4-5,7-8H,6,16H2,1-3H3,(H,17,18).